The molecule has 8 heteroatoms. The van der Waals surface area contributed by atoms with E-state index in [0.29, 0.717) is 22.8 Å². The second-order valence-corrected chi connectivity index (χ2v) is 8.28. The van der Waals surface area contributed by atoms with Gasteiger partial charge in [0.15, 0.2) is 6.61 Å². The molecule has 7 nitrogen and oxygen atoms in total. The van der Waals surface area contributed by atoms with Gasteiger partial charge in [-0.3, -0.25) is 19.3 Å². The molecule has 2 aromatic rings. The molecule has 164 valence electrons. The molecule has 1 heterocycles. The standard InChI is InChI=1S/C24H21ClN2O5/c1-14-3-2-4-19-21(14)23(30)27(22(19)29)18-11-5-15(6-12-18)24(31)32-13-20(28)26-17-9-7-16(25)8-10-17/h2-3,5-12,14,19,21H,4,13H2,1H3,(H,26,28)/t14-,19+,21-/m1/s1. The number of hydrogen-bond donors (Lipinski definition) is 1. The zero-order valence-electron chi connectivity index (χ0n) is 17.3. The largest absolute Gasteiger partial charge is 0.452 e. The number of anilines is 2. The smallest absolute Gasteiger partial charge is 0.338 e. The average Bonchev–Trinajstić information content (AvgIpc) is 3.05. The van der Waals surface area contributed by atoms with E-state index in [4.69, 9.17) is 16.3 Å². The third-order valence-corrected chi connectivity index (χ3v) is 5.95. The third kappa shape index (κ3) is 4.29. The molecule has 1 aliphatic carbocycles. The summed E-state index contributed by atoms with van der Waals surface area (Å²) in [5, 5.41) is 3.14. The summed E-state index contributed by atoms with van der Waals surface area (Å²) >= 11 is 5.80. The molecule has 1 fully saturated rings. The molecule has 1 aliphatic heterocycles. The number of esters is 1. The number of benzene rings is 2. The number of halogens is 1. The van der Waals surface area contributed by atoms with Crippen LogP contribution in [-0.4, -0.2) is 30.3 Å². The number of hydrogen-bond acceptors (Lipinski definition) is 5. The van der Waals surface area contributed by atoms with Crippen molar-refractivity contribution < 1.29 is 23.9 Å². The number of nitrogens with one attached hydrogen (secondary N) is 1. The van der Waals surface area contributed by atoms with E-state index in [1.807, 2.05) is 19.1 Å². The number of rotatable bonds is 5. The molecule has 3 amide bonds. The summed E-state index contributed by atoms with van der Waals surface area (Å²) < 4.78 is 5.05. The Labute approximate surface area is 190 Å². The van der Waals surface area contributed by atoms with Gasteiger partial charge < -0.3 is 10.1 Å². The monoisotopic (exact) mass is 452 g/mol. The minimum atomic E-state index is -0.687. The highest BCUT2D eigenvalue weighted by molar-refractivity contribution is 6.30. The Kier molecular flexibility index (Phi) is 6.10. The Morgan fingerprint density at radius 2 is 1.75 bits per heavy atom. The Morgan fingerprint density at radius 3 is 2.41 bits per heavy atom. The average molecular weight is 453 g/mol. The maximum absolute atomic E-state index is 12.9. The summed E-state index contributed by atoms with van der Waals surface area (Å²) in [5.74, 6) is -2.30. The van der Waals surface area contributed by atoms with Crippen molar-refractivity contribution >= 4 is 46.7 Å². The highest BCUT2D eigenvalue weighted by Gasteiger charge is 2.50. The first kappa shape index (κ1) is 21.8. The van der Waals surface area contributed by atoms with E-state index in [1.165, 1.54) is 29.2 Å². The molecule has 0 unspecified atom stereocenters. The molecule has 1 saturated heterocycles. The van der Waals surface area contributed by atoms with Gasteiger partial charge in [-0.2, -0.15) is 0 Å². The van der Waals surface area contributed by atoms with Gasteiger partial charge in [-0.1, -0.05) is 30.7 Å². The molecule has 0 aromatic heterocycles. The first-order chi connectivity index (χ1) is 15.3. The van der Waals surface area contributed by atoms with Crippen LogP contribution in [0.5, 0.6) is 0 Å². The van der Waals surface area contributed by atoms with Gasteiger partial charge in [-0.05, 0) is 60.9 Å². The van der Waals surface area contributed by atoms with Gasteiger partial charge in [-0.25, -0.2) is 4.79 Å². The summed E-state index contributed by atoms with van der Waals surface area (Å²) in [5.41, 5.74) is 1.16. The fourth-order valence-corrected chi connectivity index (χ4v) is 4.22. The van der Waals surface area contributed by atoms with Gasteiger partial charge in [-0.15, -0.1) is 0 Å². The van der Waals surface area contributed by atoms with Crippen LogP contribution in [0.1, 0.15) is 23.7 Å². The van der Waals surface area contributed by atoms with E-state index >= 15 is 0 Å². The number of imide groups is 1. The van der Waals surface area contributed by atoms with Gasteiger partial charge in [0.25, 0.3) is 5.91 Å². The Balaban J connectivity index is 1.36. The first-order valence-corrected chi connectivity index (χ1v) is 10.6. The topological polar surface area (TPSA) is 92.8 Å². The van der Waals surface area contributed by atoms with Crippen LogP contribution in [0.25, 0.3) is 0 Å². The van der Waals surface area contributed by atoms with Crippen molar-refractivity contribution in [1.82, 2.24) is 0 Å². The van der Waals surface area contributed by atoms with Gasteiger partial charge in [0.2, 0.25) is 11.8 Å². The number of ether oxygens (including phenoxy) is 1. The quantitative estimate of drug-likeness (QED) is 0.422. The summed E-state index contributed by atoms with van der Waals surface area (Å²) in [7, 11) is 0. The molecule has 32 heavy (non-hydrogen) atoms. The number of fused-ring (bicyclic) bond motifs is 1. The Bertz CT molecular complexity index is 1090. The first-order valence-electron chi connectivity index (χ1n) is 10.2. The van der Waals surface area contributed by atoms with Crippen LogP contribution in [0.3, 0.4) is 0 Å². The van der Waals surface area contributed by atoms with Crippen molar-refractivity contribution in [2.45, 2.75) is 13.3 Å². The van der Waals surface area contributed by atoms with Crippen molar-refractivity contribution in [2.24, 2.45) is 17.8 Å². The zero-order valence-corrected chi connectivity index (χ0v) is 18.0. The van der Waals surface area contributed by atoms with Crippen LogP contribution in [0, 0.1) is 17.8 Å². The maximum atomic E-state index is 12.9. The lowest BCUT2D eigenvalue weighted by molar-refractivity contribution is -0.123. The molecule has 2 aliphatic rings. The minimum Gasteiger partial charge on any atom is -0.452 e. The number of allylic oxidation sites excluding steroid dienone is 2. The molecule has 1 N–H and O–H groups in total. The minimum absolute atomic E-state index is 0.00321. The predicted molar refractivity (Wildman–Crippen MR) is 119 cm³/mol. The van der Waals surface area contributed by atoms with Crippen LogP contribution < -0.4 is 10.2 Å². The van der Waals surface area contributed by atoms with E-state index in [-0.39, 0.29) is 35.1 Å². The van der Waals surface area contributed by atoms with Gasteiger partial charge in [0, 0.05) is 10.7 Å². The molecular formula is C24H21ClN2O5. The van der Waals surface area contributed by atoms with E-state index < -0.39 is 18.5 Å². The molecule has 0 spiro atoms. The van der Waals surface area contributed by atoms with Crippen molar-refractivity contribution in [3.8, 4) is 0 Å². The van der Waals surface area contributed by atoms with Crippen molar-refractivity contribution in [3.63, 3.8) is 0 Å². The van der Waals surface area contributed by atoms with E-state index in [2.05, 4.69) is 5.32 Å². The van der Waals surface area contributed by atoms with Gasteiger partial charge in [0.05, 0.1) is 23.1 Å². The normalized spacial score (nSPS) is 21.9. The fraction of sp³-hybridized carbons (Fsp3) is 0.250. The lowest BCUT2D eigenvalue weighted by atomic mass is 9.78. The van der Waals surface area contributed by atoms with Crippen molar-refractivity contribution in [2.75, 3.05) is 16.8 Å². The van der Waals surface area contributed by atoms with Crippen LogP contribution in [0.4, 0.5) is 11.4 Å². The van der Waals surface area contributed by atoms with Crippen molar-refractivity contribution in [3.05, 3.63) is 71.3 Å². The summed E-state index contributed by atoms with van der Waals surface area (Å²) in [6.07, 6.45) is 4.47. The van der Waals surface area contributed by atoms with Crippen LogP contribution in [0.2, 0.25) is 5.02 Å². The number of amides is 3. The zero-order chi connectivity index (χ0) is 22.8. The SMILES string of the molecule is C[C@@H]1C=CC[C@@H]2C(=O)N(c3ccc(C(=O)OCC(=O)Nc4ccc(Cl)cc4)cc3)C(=O)[C@H]12. The summed E-state index contributed by atoms with van der Waals surface area (Å²) in [6, 6.07) is 12.5. The maximum Gasteiger partial charge on any atom is 0.338 e. The molecule has 0 saturated carbocycles. The Hall–Kier alpha value is -3.45. The summed E-state index contributed by atoms with van der Waals surface area (Å²) in [6.45, 7) is 1.48. The number of carbonyl (C=O) groups excluding carboxylic acids is 4. The second-order valence-electron chi connectivity index (χ2n) is 7.85. The lowest BCUT2D eigenvalue weighted by Gasteiger charge is -2.22. The van der Waals surface area contributed by atoms with Gasteiger partial charge >= 0.3 is 5.97 Å². The highest BCUT2D eigenvalue weighted by atomic mass is 35.5. The number of nitrogens with zero attached hydrogens (tertiary/aromatic N) is 1. The molecule has 3 atom stereocenters. The molecule has 4 rings (SSSR count). The van der Waals surface area contributed by atoms with Crippen molar-refractivity contribution in [1.29, 1.82) is 0 Å². The predicted octanol–water partition coefficient (Wildman–Crippen LogP) is 3.84. The second kappa shape index (κ2) is 8.96. The fourth-order valence-electron chi connectivity index (χ4n) is 4.09. The van der Waals surface area contributed by atoms with E-state index in [1.54, 1.807) is 24.3 Å². The van der Waals surface area contributed by atoms with E-state index in [9.17, 15) is 19.2 Å². The lowest BCUT2D eigenvalue weighted by Crippen LogP contribution is -2.31. The third-order valence-electron chi connectivity index (χ3n) is 5.70. The molecular weight excluding hydrogens is 432 g/mol. The number of carbonyl (C=O) groups is 4. The Morgan fingerprint density at radius 1 is 1.06 bits per heavy atom. The van der Waals surface area contributed by atoms with Crippen LogP contribution >= 0.6 is 11.6 Å². The van der Waals surface area contributed by atoms with Gasteiger partial charge in [0.1, 0.15) is 0 Å². The highest BCUT2D eigenvalue weighted by Crippen LogP contribution is 2.40. The van der Waals surface area contributed by atoms with E-state index in [0.717, 1.165) is 0 Å². The summed E-state index contributed by atoms with van der Waals surface area (Å²) in [4.78, 5) is 51.1. The molecule has 0 bridgehead atoms. The van der Waals surface area contributed by atoms with Crippen LogP contribution in [0.15, 0.2) is 60.7 Å². The molecule has 2 aromatic carbocycles. The molecule has 0 radical (unpaired) electrons. The van der Waals surface area contributed by atoms with Crippen LogP contribution in [-0.2, 0) is 19.1 Å².